The van der Waals surface area contributed by atoms with Crippen molar-refractivity contribution in [2.24, 2.45) is 11.8 Å². The van der Waals surface area contributed by atoms with Gasteiger partial charge >= 0.3 is 0 Å². The van der Waals surface area contributed by atoms with E-state index in [-0.39, 0.29) is 21.6 Å². The third-order valence-corrected chi connectivity index (χ3v) is 11.2. The first-order chi connectivity index (χ1) is 24.7. The zero-order chi connectivity index (χ0) is 35.7. The van der Waals surface area contributed by atoms with Crippen molar-refractivity contribution in [3.05, 3.63) is 164 Å². The number of hydrogen-bond acceptors (Lipinski definition) is 7. The number of allylic oxidation sites excluding steroid dienone is 2. The average Bonchev–Trinajstić information content (AvgIpc) is 3.67. The molecule has 1 saturated carbocycles. The summed E-state index contributed by atoms with van der Waals surface area (Å²) in [5.41, 5.74) is 0.569. The Morgan fingerprint density at radius 1 is 0.647 bits per heavy atom. The third kappa shape index (κ3) is 4.29. The van der Waals surface area contributed by atoms with Crippen LogP contribution >= 0.6 is 15.9 Å². The van der Waals surface area contributed by atoms with Crippen molar-refractivity contribution in [1.29, 1.82) is 0 Å². The lowest BCUT2D eigenvalue weighted by Crippen LogP contribution is -2.45. The Balaban J connectivity index is 1.52. The van der Waals surface area contributed by atoms with Crippen LogP contribution in [-0.2, 0) is 25.2 Å². The second kappa shape index (κ2) is 11.9. The van der Waals surface area contributed by atoms with E-state index in [0.29, 0.717) is 44.9 Å². The van der Waals surface area contributed by atoms with Crippen molar-refractivity contribution in [1.82, 2.24) is 0 Å². The largest absolute Gasteiger partial charge is 0.497 e. The standard InChI is InChI=1S/C41H29BrN2O7/c1-50-29-18-13-24(14-19-29)33-34(25-15-20-30(51-2)21-16-25)41(27-11-7-4-8-12-27)36-35(40(33,39(41)47)26-9-5-3-6-10-26)37(45)43(38(36)46)32-22-17-28(44(48)49)23-31(32)42/h3-23,35-36H,1-2H3/t35-,36-,40+,41+/m0/s1. The molecular weight excluding hydrogens is 712 g/mol. The van der Waals surface area contributed by atoms with Gasteiger partial charge in [-0.2, -0.15) is 0 Å². The summed E-state index contributed by atoms with van der Waals surface area (Å²) in [7, 11) is 3.15. The minimum absolute atomic E-state index is 0.167. The molecule has 0 unspecified atom stereocenters. The highest BCUT2D eigenvalue weighted by atomic mass is 79.9. The molecule has 2 fully saturated rings. The van der Waals surface area contributed by atoms with Crippen LogP contribution in [0.15, 0.2) is 132 Å². The summed E-state index contributed by atoms with van der Waals surface area (Å²) in [5, 5.41) is 11.6. The zero-order valence-corrected chi connectivity index (χ0v) is 29.0. The normalized spacial score (nSPS) is 23.5. The number of benzene rings is 5. The van der Waals surface area contributed by atoms with E-state index in [2.05, 4.69) is 15.9 Å². The number of non-ortho nitro benzene ring substituents is 1. The number of Topliss-reactive ketones (excluding diaryl/α,β-unsaturated/α-hetero) is 1. The number of ether oxygens (including phenoxy) is 2. The highest BCUT2D eigenvalue weighted by molar-refractivity contribution is 9.10. The Morgan fingerprint density at radius 2 is 1.08 bits per heavy atom. The molecule has 10 heteroatoms. The highest BCUT2D eigenvalue weighted by Gasteiger charge is 2.82. The number of nitro benzene ring substituents is 1. The Morgan fingerprint density at radius 3 is 1.45 bits per heavy atom. The van der Waals surface area contributed by atoms with Crippen LogP contribution in [-0.4, -0.2) is 36.7 Å². The molecule has 252 valence electrons. The Kier molecular flexibility index (Phi) is 7.53. The fraction of sp³-hybridized carbons (Fsp3) is 0.146. The monoisotopic (exact) mass is 740 g/mol. The summed E-state index contributed by atoms with van der Waals surface area (Å²) in [6, 6.07) is 37.1. The first-order valence-electron chi connectivity index (χ1n) is 16.2. The number of amides is 2. The molecule has 2 bridgehead atoms. The van der Waals surface area contributed by atoms with Gasteiger partial charge in [-0.3, -0.25) is 24.5 Å². The molecule has 4 atom stereocenters. The van der Waals surface area contributed by atoms with Crippen LogP contribution in [0.25, 0.3) is 11.1 Å². The highest BCUT2D eigenvalue weighted by Crippen LogP contribution is 2.74. The summed E-state index contributed by atoms with van der Waals surface area (Å²) in [6.07, 6.45) is 0. The molecule has 5 aromatic rings. The van der Waals surface area contributed by atoms with Crippen LogP contribution in [0.5, 0.6) is 11.5 Å². The lowest BCUT2D eigenvalue weighted by atomic mass is 9.59. The van der Waals surface area contributed by atoms with Crippen LogP contribution in [0.2, 0.25) is 0 Å². The number of ketones is 1. The quantitative estimate of drug-likeness (QED) is 0.0916. The van der Waals surface area contributed by atoms with Gasteiger partial charge in [-0.15, -0.1) is 0 Å². The molecule has 1 aliphatic heterocycles. The number of methoxy groups -OCH3 is 2. The minimum Gasteiger partial charge on any atom is -0.497 e. The van der Waals surface area contributed by atoms with E-state index in [0.717, 1.165) is 4.90 Å². The van der Waals surface area contributed by atoms with Crippen LogP contribution in [0, 0.1) is 22.0 Å². The van der Waals surface area contributed by atoms with Crippen molar-refractivity contribution < 1.29 is 28.8 Å². The molecular formula is C41H29BrN2O7. The number of nitro groups is 1. The maximum absolute atomic E-state index is 16.1. The number of fused-ring (bicyclic) bond motifs is 5. The summed E-state index contributed by atoms with van der Waals surface area (Å²) < 4.78 is 11.2. The fourth-order valence-corrected chi connectivity index (χ4v) is 9.21. The van der Waals surface area contributed by atoms with E-state index < -0.39 is 39.4 Å². The maximum Gasteiger partial charge on any atom is 0.270 e. The van der Waals surface area contributed by atoms with Gasteiger partial charge in [0.15, 0.2) is 5.78 Å². The molecule has 8 rings (SSSR count). The molecule has 1 heterocycles. The molecule has 2 amide bonds. The Hall–Kier alpha value is -5.87. The van der Waals surface area contributed by atoms with Crippen LogP contribution in [0.4, 0.5) is 11.4 Å². The Labute approximate surface area is 301 Å². The second-order valence-corrected chi connectivity index (χ2v) is 13.6. The van der Waals surface area contributed by atoms with Gasteiger partial charge < -0.3 is 9.47 Å². The number of anilines is 1. The Bertz CT molecular complexity index is 2160. The summed E-state index contributed by atoms with van der Waals surface area (Å²) in [4.78, 5) is 58.6. The zero-order valence-electron chi connectivity index (χ0n) is 27.4. The van der Waals surface area contributed by atoms with Crippen molar-refractivity contribution in [2.75, 3.05) is 19.1 Å². The molecule has 2 aliphatic carbocycles. The number of halogens is 1. The number of hydrogen-bond donors (Lipinski definition) is 0. The van der Waals surface area contributed by atoms with Crippen molar-refractivity contribution in [2.45, 2.75) is 10.8 Å². The molecule has 5 aromatic carbocycles. The van der Waals surface area contributed by atoms with Gasteiger partial charge in [0, 0.05) is 16.6 Å². The first kappa shape index (κ1) is 32.3. The predicted octanol–water partition coefficient (Wildman–Crippen LogP) is 7.56. The van der Waals surface area contributed by atoms with E-state index in [1.165, 1.54) is 18.2 Å². The molecule has 0 N–H and O–H groups in total. The van der Waals surface area contributed by atoms with Gasteiger partial charge in [0.25, 0.3) is 5.69 Å². The van der Waals surface area contributed by atoms with Crippen molar-refractivity contribution in [3.63, 3.8) is 0 Å². The molecule has 3 aliphatic rings. The number of nitrogens with zero attached hydrogens (tertiary/aromatic N) is 2. The van der Waals surface area contributed by atoms with Crippen LogP contribution in [0.1, 0.15) is 22.3 Å². The van der Waals surface area contributed by atoms with Crippen LogP contribution < -0.4 is 14.4 Å². The van der Waals surface area contributed by atoms with Gasteiger partial charge in [-0.25, -0.2) is 4.90 Å². The van der Waals surface area contributed by atoms with Gasteiger partial charge in [0.2, 0.25) is 11.8 Å². The van der Waals surface area contributed by atoms with Crippen LogP contribution in [0.3, 0.4) is 0 Å². The lowest BCUT2D eigenvalue weighted by molar-refractivity contribution is -0.384. The fourth-order valence-electron chi connectivity index (χ4n) is 8.67. The summed E-state index contributed by atoms with van der Waals surface area (Å²) in [5.74, 6) is -2.45. The predicted molar refractivity (Wildman–Crippen MR) is 194 cm³/mol. The summed E-state index contributed by atoms with van der Waals surface area (Å²) in [6.45, 7) is 0. The van der Waals surface area contributed by atoms with Gasteiger partial charge in [0.05, 0.1) is 47.5 Å². The average molecular weight is 742 g/mol. The van der Waals surface area contributed by atoms with Gasteiger partial charge in [-0.1, -0.05) is 84.9 Å². The minimum atomic E-state index is -1.61. The number of carbonyl (C=O) groups excluding carboxylic acids is 3. The third-order valence-electron chi connectivity index (χ3n) is 10.6. The van der Waals surface area contributed by atoms with Gasteiger partial charge in [-0.05, 0) is 79.7 Å². The van der Waals surface area contributed by atoms with E-state index in [9.17, 15) is 10.1 Å². The second-order valence-electron chi connectivity index (χ2n) is 12.7. The molecule has 0 radical (unpaired) electrons. The molecule has 1 saturated heterocycles. The van der Waals surface area contributed by atoms with E-state index in [4.69, 9.17) is 9.47 Å². The van der Waals surface area contributed by atoms with Gasteiger partial charge in [0.1, 0.15) is 11.5 Å². The van der Waals surface area contributed by atoms with Crippen molar-refractivity contribution in [3.8, 4) is 11.5 Å². The van der Waals surface area contributed by atoms with Crippen molar-refractivity contribution >= 4 is 56.0 Å². The summed E-state index contributed by atoms with van der Waals surface area (Å²) >= 11 is 3.41. The number of carbonyl (C=O) groups is 3. The molecule has 0 spiro atoms. The number of imide groups is 1. The number of rotatable bonds is 8. The van der Waals surface area contributed by atoms with E-state index in [1.807, 2.05) is 109 Å². The van der Waals surface area contributed by atoms with E-state index in [1.54, 1.807) is 14.2 Å². The van der Waals surface area contributed by atoms with E-state index >= 15 is 14.4 Å². The maximum atomic E-state index is 16.1. The first-order valence-corrected chi connectivity index (χ1v) is 17.0. The molecule has 0 aromatic heterocycles. The lowest BCUT2D eigenvalue weighted by Gasteiger charge is -2.39. The molecule has 51 heavy (non-hydrogen) atoms. The SMILES string of the molecule is COc1ccc(C2=C(c3ccc(OC)cc3)[C@@]3(c4ccccc4)C(=O)[C@@]2(c2ccccc2)[C@@H]2C(=O)N(c4ccc([N+](=O)[O-])cc4Br)C(=O)[C@H]23)cc1. The molecule has 9 nitrogen and oxygen atoms in total. The topological polar surface area (TPSA) is 116 Å². The smallest absolute Gasteiger partial charge is 0.270 e.